The third-order valence-electron chi connectivity index (χ3n) is 4.02. The monoisotopic (exact) mass is 453 g/mol. The maximum absolute atomic E-state index is 11.6. The topological polar surface area (TPSA) is 228 Å². The van der Waals surface area contributed by atoms with Gasteiger partial charge in [-0.3, -0.25) is 9.09 Å². The molecule has 0 radical (unpaired) electrons. The molecule has 5 N–H and O–H groups in total. The molecule has 0 bridgehead atoms. The van der Waals surface area contributed by atoms with Crippen molar-refractivity contribution in [2.75, 3.05) is 12.3 Å². The van der Waals surface area contributed by atoms with Gasteiger partial charge in [0.05, 0.1) is 12.9 Å². The smallest absolute Gasteiger partial charge is 0.424 e. The molecule has 18 heteroatoms. The molecule has 2 aromatic rings. The minimum Gasteiger partial charge on any atom is -0.424 e. The average Bonchev–Trinajstić information content (AvgIpc) is 3.25. The van der Waals surface area contributed by atoms with E-state index < -0.39 is 52.9 Å². The van der Waals surface area contributed by atoms with Gasteiger partial charge < -0.3 is 34.6 Å². The minimum absolute atomic E-state index is 0.110. The van der Waals surface area contributed by atoms with Crippen LogP contribution in [-0.2, 0) is 32.2 Å². The van der Waals surface area contributed by atoms with E-state index in [4.69, 9.17) is 29.7 Å². The summed E-state index contributed by atoms with van der Waals surface area (Å²) in [6.07, 6.45) is -2.70. The first-order valence-corrected chi connectivity index (χ1v) is 10.8. The molecule has 16 nitrogen and oxygen atoms in total. The van der Waals surface area contributed by atoms with Crippen molar-refractivity contribution in [2.24, 2.45) is 0 Å². The van der Waals surface area contributed by atoms with Crippen LogP contribution in [-0.4, -0.2) is 65.3 Å². The molecule has 2 aliphatic heterocycles. The molecule has 2 fully saturated rings. The summed E-state index contributed by atoms with van der Waals surface area (Å²) in [5, 5.41) is 0. The minimum atomic E-state index is -5.29. The molecule has 4 rings (SSSR count). The summed E-state index contributed by atoms with van der Waals surface area (Å²) in [5.41, 5.74) is 6.27. The van der Waals surface area contributed by atoms with E-state index >= 15 is 0 Å². The second-order valence-corrected chi connectivity index (χ2v) is 8.73. The van der Waals surface area contributed by atoms with Crippen molar-refractivity contribution in [3.63, 3.8) is 0 Å². The molecular weight excluding hydrogens is 440 g/mol. The fourth-order valence-electron chi connectivity index (χ4n) is 2.97. The zero-order valence-electron chi connectivity index (χ0n) is 14.0. The van der Waals surface area contributed by atoms with Crippen LogP contribution in [0.3, 0.4) is 0 Å². The number of fused-ring (bicyclic) bond motifs is 2. The molecule has 29 heavy (non-hydrogen) atoms. The van der Waals surface area contributed by atoms with Gasteiger partial charge in [0.1, 0.15) is 17.9 Å². The van der Waals surface area contributed by atoms with Gasteiger partial charge in [-0.25, -0.2) is 28.9 Å². The number of phosphoric acid groups is 2. The predicted molar refractivity (Wildman–Crippen MR) is 87.7 cm³/mol. The summed E-state index contributed by atoms with van der Waals surface area (Å²) in [4.78, 5) is 50.2. The number of carbonyl (C=O) groups is 1. The van der Waals surface area contributed by atoms with Crippen LogP contribution in [0.25, 0.3) is 11.2 Å². The van der Waals surface area contributed by atoms with Gasteiger partial charge in [-0.05, 0) is 0 Å². The lowest BCUT2D eigenvalue weighted by atomic mass is 10.1. The zero-order chi connectivity index (χ0) is 21.0. The Hall–Kier alpha value is -2.16. The Kier molecular flexibility index (Phi) is 4.83. The predicted octanol–water partition coefficient (Wildman–Crippen LogP) is -0.564. The number of phosphoric ester groups is 1. The molecule has 1 unspecified atom stereocenters. The van der Waals surface area contributed by atoms with Gasteiger partial charge in [0.2, 0.25) is 0 Å². The molecule has 0 saturated carbocycles. The molecule has 0 aromatic carbocycles. The lowest BCUT2D eigenvalue weighted by molar-refractivity contribution is -0.0694. The zero-order valence-corrected chi connectivity index (χ0v) is 15.8. The summed E-state index contributed by atoms with van der Waals surface area (Å²) in [6, 6.07) is 0. The van der Waals surface area contributed by atoms with Crippen molar-refractivity contribution >= 4 is 38.8 Å². The Balaban J connectivity index is 1.57. The number of carbonyl (C=O) groups excluding carboxylic acids is 1. The lowest BCUT2D eigenvalue weighted by Gasteiger charge is -2.19. The van der Waals surface area contributed by atoms with Gasteiger partial charge in [-0.15, -0.1) is 0 Å². The van der Waals surface area contributed by atoms with Crippen LogP contribution in [0.1, 0.15) is 6.23 Å². The number of nitrogens with two attached hydrogens (primary N) is 1. The van der Waals surface area contributed by atoms with Crippen LogP contribution in [0.5, 0.6) is 0 Å². The molecule has 0 aliphatic carbocycles. The van der Waals surface area contributed by atoms with Crippen LogP contribution in [0.15, 0.2) is 12.7 Å². The second-order valence-electron chi connectivity index (χ2n) is 5.90. The number of ether oxygens (including phenoxy) is 3. The number of imidazole rings is 1. The number of hydrogen-bond acceptors (Lipinski definition) is 12. The SMILES string of the molecule is Nc1ncnc2c1ncn2[C@@H]1O[C@H](COP(=O)(O)OP(=O)(O)O)[C@H]2OC(=O)O[C@H]21. The molecule has 2 saturated heterocycles. The van der Waals surface area contributed by atoms with Crippen molar-refractivity contribution in [1.29, 1.82) is 0 Å². The number of nitrogens with zero attached hydrogens (tertiary/aromatic N) is 4. The van der Waals surface area contributed by atoms with Crippen LogP contribution in [0.2, 0.25) is 0 Å². The van der Waals surface area contributed by atoms with E-state index in [1.165, 1.54) is 17.2 Å². The normalized spacial score (nSPS) is 28.7. The van der Waals surface area contributed by atoms with Gasteiger partial charge in [0.25, 0.3) is 0 Å². The maximum Gasteiger partial charge on any atom is 0.509 e. The number of aromatic nitrogens is 4. The van der Waals surface area contributed by atoms with Gasteiger partial charge >= 0.3 is 21.8 Å². The van der Waals surface area contributed by atoms with Crippen LogP contribution >= 0.6 is 15.6 Å². The fraction of sp³-hybridized carbons (Fsp3) is 0.455. The van der Waals surface area contributed by atoms with Crippen molar-refractivity contribution in [3.8, 4) is 0 Å². The molecular formula is C11H13N5O11P2. The van der Waals surface area contributed by atoms with Crippen LogP contribution < -0.4 is 5.73 Å². The molecule has 2 aliphatic rings. The first-order valence-electron chi connectivity index (χ1n) is 7.74. The standard InChI is InChI=1S/C11H13N5O11P2/c12-8-5-9(14-2-13-8)16(3-15-5)10-7-6(25-11(17)26-7)4(24-10)1-23-29(21,22)27-28(18,19)20/h2-4,6-7,10H,1H2,(H,21,22)(H2,12,13,14)(H2,18,19,20)/t4-,6-,7-,10-/m1/s1. The molecule has 0 spiro atoms. The highest BCUT2D eigenvalue weighted by molar-refractivity contribution is 7.60. The second kappa shape index (κ2) is 6.97. The Bertz CT molecular complexity index is 1050. The van der Waals surface area contributed by atoms with Gasteiger partial charge in [0.15, 0.2) is 29.9 Å². The summed E-state index contributed by atoms with van der Waals surface area (Å²) in [7, 11) is -10.4. The van der Waals surface area contributed by atoms with E-state index in [1.807, 2.05) is 0 Å². The summed E-state index contributed by atoms with van der Waals surface area (Å²) in [5.74, 6) is 0.110. The van der Waals surface area contributed by atoms with Crippen molar-refractivity contribution in [3.05, 3.63) is 12.7 Å². The van der Waals surface area contributed by atoms with E-state index in [9.17, 15) is 18.8 Å². The molecule has 0 amide bonds. The van der Waals surface area contributed by atoms with Gasteiger partial charge in [-0.1, -0.05) is 0 Å². The maximum atomic E-state index is 11.6. The van der Waals surface area contributed by atoms with E-state index in [-0.39, 0.29) is 17.0 Å². The summed E-state index contributed by atoms with van der Waals surface area (Å²) < 4.78 is 47.8. The molecule has 158 valence electrons. The summed E-state index contributed by atoms with van der Waals surface area (Å²) >= 11 is 0. The first kappa shape index (κ1) is 20.1. The van der Waals surface area contributed by atoms with Crippen LogP contribution in [0.4, 0.5) is 10.6 Å². The van der Waals surface area contributed by atoms with Gasteiger partial charge in [0, 0.05) is 0 Å². The highest BCUT2D eigenvalue weighted by Crippen LogP contribution is 2.58. The Morgan fingerprint density at radius 3 is 2.62 bits per heavy atom. The highest BCUT2D eigenvalue weighted by Gasteiger charge is 2.56. The van der Waals surface area contributed by atoms with E-state index in [0.717, 1.165) is 0 Å². The third kappa shape index (κ3) is 3.97. The van der Waals surface area contributed by atoms with Gasteiger partial charge in [-0.2, -0.15) is 4.31 Å². The summed E-state index contributed by atoms with van der Waals surface area (Å²) in [6.45, 7) is -0.716. The Morgan fingerprint density at radius 2 is 1.90 bits per heavy atom. The Labute approximate surface area is 160 Å². The van der Waals surface area contributed by atoms with E-state index in [0.29, 0.717) is 0 Å². The van der Waals surface area contributed by atoms with E-state index in [1.54, 1.807) is 0 Å². The highest BCUT2D eigenvalue weighted by atomic mass is 31.3. The van der Waals surface area contributed by atoms with Crippen LogP contribution in [0, 0.1) is 0 Å². The molecule has 4 heterocycles. The van der Waals surface area contributed by atoms with Crippen molar-refractivity contribution in [2.45, 2.75) is 24.5 Å². The average molecular weight is 453 g/mol. The fourth-order valence-corrected chi connectivity index (χ4v) is 4.57. The number of anilines is 1. The largest absolute Gasteiger partial charge is 0.509 e. The quantitative estimate of drug-likeness (QED) is 0.317. The van der Waals surface area contributed by atoms with Crippen molar-refractivity contribution < 1.29 is 51.6 Å². The first-order chi connectivity index (χ1) is 13.5. The molecule has 5 atom stereocenters. The van der Waals surface area contributed by atoms with E-state index in [2.05, 4.69) is 23.8 Å². The number of hydrogen-bond donors (Lipinski definition) is 4. The lowest BCUT2D eigenvalue weighted by Crippen LogP contribution is -2.31. The number of rotatable bonds is 6. The van der Waals surface area contributed by atoms with Crippen molar-refractivity contribution in [1.82, 2.24) is 19.5 Å². The third-order valence-corrected chi connectivity index (χ3v) is 6.17. The molecule has 2 aromatic heterocycles. The number of nitrogen functional groups attached to an aromatic ring is 1. The Morgan fingerprint density at radius 1 is 1.17 bits per heavy atom.